The SMILES string of the molecule is Cc1ccc(S(=O)(=O)N2CCCCC2)cc1NC(=O)CSc1nnnn1C1CC1. The number of amides is 1. The molecule has 4 rings (SSSR count). The second-order valence-electron chi connectivity index (χ2n) is 7.42. The summed E-state index contributed by atoms with van der Waals surface area (Å²) in [6.07, 6.45) is 4.94. The molecule has 2 fully saturated rings. The molecule has 0 spiro atoms. The molecule has 1 aliphatic heterocycles. The van der Waals surface area contributed by atoms with Crippen molar-refractivity contribution in [1.29, 1.82) is 0 Å². The Kier molecular flexibility index (Phi) is 5.88. The molecule has 0 atom stereocenters. The Balaban J connectivity index is 1.43. The first-order valence-electron chi connectivity index (χ1n) is 9.76. The number of sulfonamides is 1. The number of aromatic nitrogens is 4. The van der Waals surface area contributed by atoms with E-state index in [-0.39, 0.29) is 16.6 Å². The van der Waals surface area contributed by atoms with Crippen molar-refractivity contribution < 1.29 is 13.2 Å². The Hall–Kier alpha value is -1.98. The highest BCUT2D eigenvalue weighted by atomic mass is 32.2. The van der Waals surface area contributed by atoms with E-state index >= 15 is 0 Å². The largest absolute Gasteiger partial charge is 0.325 e. The number of rotatable bonds is 7. The van der Waals surface area contributed by atoms with Crippen LogP contribution in [0.25, 0.3) is 0 Å². The third kappa shape index (κ3) is 4.62. The summed E-state index contributed by atoms with van der Waals surface area (Å²) in [4.78, 5) is 12.7. The number of hydrogen-bond acceptors (Lipinski definition) is 7. The van der Waals surface area contributed by atoms with E-state index in [0.717, 1.165) is 37.7 Å². The van der Waals surface area contributed by atoms with E-state index in [1.807, 2.05) is 6.92 Å². The molecule has 1 amide bonds. The molecular formula is C18H24N6O3S2. The average molecular weight is 437 g/mol. The minimum absolute atomic E-state index is 0.148. The maximum absolute atomic E-state index is 12.9. The lowest BCUT2D eigenvalue weighted by Gasteiger charge is -2.26. The summed E-state index contributed by atoms with van der Waals surface area (Å²) in [6, 6.07) is 5.23. The van der Waals surface area contributed by atoms with Gasteiger partial charge in [0.15, 0.2) is 0 Å². The van der Waals surface area contributed by atoms with Crippen LogP contribution in [-0.4, -0.2) is 57.7 Å². The molecule has 0 bridgehead atoms. The lowest BCUT2D eigenvalue weighted by Crippen LogP contribution is -2.35. The Morgan fingerprint density at radius 2 is 2.00 bits per heavy atom. The first-order valence-corrected chi connectivity index (χ1v) is 12.2. The Bertz CT molecular complexity index is 997. The quantitative estimate of drug-likeness (QED) is 0.663. The van der Waals surface area contributed by atoms with Crippen LogP contribution in [0.3, 0.4) is 0 Å². The molecule has 1 aromatic heterocycles. The summed E-state index contributed by atoms with van der Waals surface area (Å²) in [5.74, 6) is -0.0775. The highest BCUT2D eigenvalue weighted by Gasteiger charge is 2.28. The van der Waals surface area contributed by atoms with Gasteiger partial charge in [-0.25, -0.2) is 13.1 Å². The van der Waals surface area contributed by atoms with Crippen molar-refractivity contribution >= 4 is 33.4 Å². The Morgan fingerprint density at radius 3 is 2.72 bits per heavy atom. The smallest absolute Gasteiger partial charge is 0.243 e. The maximum atomic E-state index is 12.9. The van der Waals surface area contributed by atoms with Gasteiger partial charge in [0.25, 0.3) is 0 Å². The van der Waals surface area contributed by atoms with Crippen LogP contribution in [0.1, 0.15) is 43.7 Å². The second kappa shape index (κ2) is 8.41. The molecule has 1 aromatic carbocycles. The molecule has 156 valence electrons. The van der Waals surface area contributed by atoms with E-state index < -0.39 is 10.0 Å². The summed E-state index contributed by atoms with van der Waals surface area (Å²) in [6.45, 7) is 2.93. The van der Waals surface area contributed by atoms with E-state index in [1.54, 1.807) is 22.9 Å². The summed E-state index contributed by atoms with van der Waals surface area (Å²) in [5, 5.41) is 15.1. The van der Waals surface area contributed by atoms with Gasteiger partial charge in [-0.1, -0.05) is 24.2 Å². The van der Waals surface area contributed by atoms with Crippen LogP contribution in [0.15, 0.2) is 28.3 Å². The molecule has 1 N–H and O–H groups in total. The predicted molar refractivity (Wildman–Crippen MR) is 109 cm³/mol. The molecule has 9 nitrogen and oxygen atoms in total. The van der Waals surface area contributed by atoms with Gasteiger partial charge in [0, 0.05) is 18.8 Å². The van der Waals surface area contributed by atoms with Crippen molar-refractivity contribution in [2.24, 2.45) is 0 Å². The molecule has 11 heteroatoms. The van der Waals surface area contributed by atoms with Gasteiger partial charge < -0.3 is 5.32 Å². The zero-order chi connectivity index (χ0) is 20.4. The molecule has 0 radical (unpaired) electrons. The Morgan fingerprint density at radius 1 is 1.24 bits per heavy atom. The lowest BCUT2D eigenvalue weighted by atomic mass is 10.2. The van der Waals surface area contributed by atoms with Crippen LogP contribution in [0.2, 0.25) is 0 Å². The third-order valence-corrected chi connectivity index (χ3v) is 7.95. The zero-order valence-electron chi connectivity index (χ0n) is 16.2. The minimum Gasteiger partial charge on any atom is -0.325 e. The van der Waals surface area contributed by atoms with Crippen LogP contribution in [0.5, 0.6) is 0 Å². The molecule has 2 aromatic rings. The van der Waals surface area contributed by atoms with Crippen molar-refractivity contribution in [3.63, 3.8) is 0 Å². The number of thioether (sulfide) groups is 1. The van der Waals surface area contributed by atoms with Gasteiger partial charge in [-0.15, -0.1) is 5.10 Å². The highest BCUT2D eigenvalue weighted by molar-refractivity contribution is 7.99. The summed E-state index contributed by atoms with van der Waals surface area (Å²) in [7, 11) is -3.55. The van der Waals surface area contributed by atoms with Crippen LogP contribution < -0.4 is 5.32 Å². The number of anilines is 1. The van der Waals surface area contributed by atoms with E-state index in [0.29, 0.717) is 30.0 Å². The number of piperidine rings is 1. The van der Waals surface area contributed by atoms with Gasteiger partial charge in [0.2, 0.25) is 21.1 Å². The van der Waals surface area contributed by atoms with E-state index in [4.69, 9.17) is 0 Å². The van der Waals surface area contributed by atoms with Gasteiger partial charge in [-0.3, -0.25) is 4.79 Å². The van der Waals surface area contributed by atoms with Crippen molar-refractivity contribution in [2.45, 2.75) is 55.1 Å². The highest BCUT2D eigenvalue weighted by Crippen LogP contribution is 2.36. The van der Waals surface area contributed by atoms with Crippen molar-refractivity contribution in [3.8, 4) is 0 Å². The van der Waals surface area contributed by atoms with Gasteiger partial charge in [0.1, 0.15) is 0 Å². The molecule has 1 aliphatic carbocycles. The maximum Gasteiger partial charge on any atom is 0.243 e. The number of aryl methyl sites for hydroxylation is 1. The van der Waals surface area contributed by atoms with Crippen LogP contribution in [-0.2, 0) is 14.8 Å². The first kappa shape index (κ1) is 20.3. The number of nitrogens with zero attached hydrogens (tertiary/aromatic N) is 5. The van der Waals surface area contributed by atoms with Gasteiger partial charge in [-0.2, -0.15) is 4.31 Å². The topological polar surface area (TPSA) is 110 Å². The fraction of sp³-hybridized carbons (Fsp3) is 0.556. The molecule has 1 saturated carbocycles. The second-order valence-corrected chi connectivity index (χ2v) is 10.3. The van der Waals surface area contributed by atoms with Crippen LogP contribution in [0, 0.1) is 6.92 Å². The average Bonchev–Trinajstić information content (AvgIpc) is 3.46. The number of carbonyl (C=O) groups is 1. The number of nitrogens with one attached hydrogen (secondary N) is 1. The fourth-order valence-electron chi connectivity index (χ4n) is 3.30. The number of benzene rings is 1. The number of tetrazole rings is 1. The monoisotopic (exact) mass is 436 g/mol. The number of carbonyl (C=O) groups excluding carboxylic acids is 1. The van der Waals surface area contributed by atoms with Gasteiger partial charge in [-0.05, 0) is 60.7 Å². The zero-order valence-corrected chi connectivity index (χ0v) is 17.9. The third-order valence-electron chi connectivity index (χ3n) is 5.12. The normalized spacial score (nSPS) is 18.0. The molecular weight excluding hydrogens is 412 g/mol. The standard InChI is InChI=1S/C18H24N6O3S2/c1-13-5-8-15(29(26,27)23-9-3-2-4-10-23)11-16(13)19-17(25)12-28-18-20-21-22-24(18)14-6-7-14/h5,8,11,14H,2-4,6-7,9-10,12H2,1H3,(H,19,25). The number of hydrogen-bond donors (Lipinski definition) is 1. The molecule has 0 unspecified atom stereocenters. The van der Waals surface area contributed by atoms with E-state index in [9.17, 15) is 13.2 Å². The summed E-state index contributed by atoms with van der Waals surface area (Å²) >= 11 is 1.28. The first-order chi connectivity index (χ1) is 13.9. The molecule has 2 aliphatic rings. The van der Waals surface area contributed by atoms with Crippen molar-refractivity contribution in [3.05, 3.63) is 23.8 Å². The van der Waals surface area contributed by atoms with Gasteiger partial charge in [0.05, 0.1) is 16.7 Å². The van der Waals surface area contributed by atoms with Crippen molar-refractivity contribution in [1.82, 2.24) is 24.5 Å². The molecule has 1 saturated heterocycles. The fourth-order valence-corrected chi connectivity index (χ4v) is 5.58. The van der Waals surface area contributed by atoms with Crippen LogP contribution >= 0.6 is 11.8 Å². The van der Waals surface area contributed by atoms with E-state index in [2.05, 4.69) is 20.8 Å². The minimum atomic E-state index is -3.55. The summed E-state index contributed by atoms with van der Waals surface area (Å²) in [5.41, 5.74) is 1.32. The molecule has 2 heterocycles. The van der Waals surface area contributed by atoms with Crippen LogP contribution in [0.4, 0.5) is 5.69 Å². The van der Waals surface area contributed by atoms with Gasteiger partial charge >= 0.3 is 0 Å². The predicted octanol–water partition coefficient (Wildman–Crippen LogP) is 2.22. The summed E-state index contributed by atoms with van der Waals surface area (Å²) < 4.78 is 29.1. The Labute approximate surface area is 174 Å². The van der Waals surface area contributed by atoms with E-state index in [1.165, 1.54) is 16.1 Å². The lowest BCUT2D eigenvalue weighted by molar-refractivity contribution is -0.113. The molecule has 29 heavy (non-hydrogen) atoms. The van der Waals surface area contributed by atoms with Crippen molar-refractivity contribution in [2.75, 3.05) is 24.2 Å².